The van der Waals surface area contributed by atoms with Gasteiger partial charge >= 0.3 is 5.97 Å². The lowest BCUT2D eigenvalue weighted by Gasteiger charge is -2.02. The standard InChI is InChI=1S/C15H18N2O3/c1-10-6-7-12(8-11(10)2)9-13-16-14(20-17-13)4-3-5-15(18)19/h6-8H,3-5,9H2,1-2H3,(H,18,19). The molecule has 1 aromatic heterocycles. The second-order valence-corrected chi connectivity index (χ2v) is 4.95. The van der Waals surface area contributed by atoms with E-state index in [0.29, 0.717) is 31.0 Å². The van der Waals surface area contributed by atoms with Crippen LogP contribution in [0.3, 0.4) is 0 Å². The van der Waals surface area contributed by atoms with Crippen molar-refractivity contribution in [2.75, 3.05) is 0 Å². The first-order valence-electron chi connectivity index (χ1n) is 6.64. The maximum Gasteiger partial charge on any atom is 0.303 e. The van der Waals surface area contributed by atoms with Gasteiger partial charge in [0, 0.05) is 19.3 Å². The second-order valence-electron chi connectivity index (χ2n) is 4.95. The number of carboxylic acids is 1. The summed E-state index contributed by atoms with van der Waals surface area (Å²) in [6.07, 6.45) is 1.77. The molecular weight excluding hydrogens is 256 g/mol. The van der Waals surface area contributed by atoms with Crippen molar-refractivity contribution < 1.29 is 14.4 Å². The third kappa shape index (κ3) is 3.91. The maximum atomic E-state index is 10.4. The number of carboxylic acid groups (broad SMARTS) is 1. The fourth-order valence-electron chi connectivity index (χ4n) is 1.95. The van der Waals surface area contributed by atoms with E-state index in [4.69, 9.17) is 9.63 Å². The predicted molar refractivity (Wildman–Crippen MR) is 73.6 cm³/mol. The Morgan fingerprint density at radius 1 is 1.30 bits per heavy atom. The second kappa shape index (κ2) is 6.32. The average molecular weight is 274 g/mol. The lowest BCUT2D eigenvalue weighted by molar-refractivity contribution is -0.137. The molecule has 0 bridgehead atoms. The molecule has 0 amide bonds. The van der Waals surface area contributed by atoms with E-state index < -0.39 is 5.97 Å². The topological polar surface area (TPSA) is 76.2 Å². The molecule has 0 fully saturated rings. The van der Waals surface area contributed by atoms with Crippen LogP contribution in [-0.4, -0.2) is 21.2 Å². The van der Waals surface area contributed by atoms with Crippen LogP contribution in [-0.2, 0) is 17.6 Å². The Kier molecular flexibility index (Phi) is 4.50. The summed E-state index contributed by atoms with van der Waals surface area (Å²) in [4.78, 5) is 14.7. The van der Waals surface area contributed by atoms with Gasteiger partial charge < -0.3 is 9.63 Å². The Bertz CT molecular complexity index is 605. The zero-order valence-corrected chi connectivity index (χ0v) is 11.7. The summed E-state index contributed by atoms with van der Waals surface area (Å²) in [5, 5.41) is 12.5. The number of carbonyl (C=O) groups is 1. The minimum atomic E-state index is -0.806. The Morgan fingerprint density at radius 3 is 2.80 bits per heavy atom. The van der Waals surface area contributed by atoms with Gasteiger partial charge in [0.25, 0.3) is 0 Å². The Hall–Kier alpha value is -2.17. The first-order valence-corrected chi connectivity index (χ1v) is 6.64. The van der Waals surface area contributed by atoms with Gasteiger partial charge in [-0.1, -0.05) is 23.4 Å². The molecular formula is C15H18N2O3. The minimum Gasteiger partial charge on any atom is -0.481 e. The molecule has 0 aliphatic carbocycles. The van der Waals surface area contributed by atoms with Gasteiger partial charge in [-0.3, -0.25) is 4.79 Å². The highest BCUT2D eigenvalue weighted by molar-refractivity contribution is 5.66. The van der Waals surface area contributed by atoms with Crippen molar-refractivity contribution in [3.63, 3.8) is 0 Å². The number of aliphatic carboxylic acids is 1. The molecule has 106 valence electrons. The van der Waals surface area contributed by atoms with Gasteiger partial charge in [-0.25, -0.2) is 0 Å². The van der Waals surface area contributed by atoms with Crippen LogP contribution in [0, 0.1) is 13.8 Å². The van der Waals surface area contributed by atoms with Crippen LogP contribution in [0.2, 0.25) is 0 Å². The van der Waals surface area contributed by atoms with Crippen LogP contribution in [0.1, 0.15) is 41.2 Å². The van der Waals surface area contributed by atoms with E-state index in [1.54, 1.807) is 0 Å². The quantitative estimate of drug-likeness (QED) is 0.876. The summed E-state index contributed by atoms with van der Waals surface area (Å²) in [6, 6.07) is 6.26. The van der Waals surface area contributed by atoms with E-state index in [-0.39, 0.29) is 6.42 Å². The molecule has 0 spiro atoms. The van der Waals surface area contributed by atoms with Gasteiger partial charge in [0.05, 0.1) is 0 Å². The summed E-state index contributed by atoms with van der Waals surface area (Å²) in [6.45, 7) is 4.15. The van der Waals surface area contributed by atoms with Crippen LogP contribution in [0.25, 0.3) is 0 Å². The molecule has 2 rings (SSSR count). The van der Waals surface area contributed by atoms with Crippen molar-refractivity contribution in [2.24, 2.45) is 0 Å². The molecule has 0 unspecified atom stereocenters. The van der Waals surface area contributed by atoms with Crippen LogP contribution in [0.4, 0.5) is 0 Å². The van der Waals surface area contributed by atoms with Crippen molar-refractivity contribution >= 4 is 5.97 Å². The number of aryl methyl sites for hydroxylation is 3. The van der Waals surface area contributed by atoms with Crippen molar-refractivity contribution in [3.8, 4) is 0 Å². The van der Waals surface area contributed by atoms with Gasteiger partial charge in [-0.05, 0) is 37.0 Å². The maximum absolute atomic E-state index is 10.4. The van der Waals surface area contributed by atoms with Crippen molar-refractivity contribution in [3.05, 3.63) is 46.6 Å². The van der Waals surface area contributed by atoms with E-state index in [1.807, 2.05) is 0 Å². The molecule has 5 heteroatoms. The zero-order valence-electron chi connectivity index (χ0n) is 11.7. The molecule has 0 saturated heterocycles. The molecule has 1 N–H and O–H groups in total. The van der Waals surface area contributed by atoms with E-state index in [2.05, 4.69) is 42.2 Å². The zero-order chi connectivity index (χ0) is 14.5. The SMILES string of the molecule is Cc1ccc(Cc2noc(CCCC(=O)O)n2)cc1C. The number of rotatable bonds is 6. The highest BCUT2D eigenvalue weighted by Crippen LogP contribution is 2.13. The monoisotopic (exact) mass is 274 g/mol. The molecule has 0 aliphatic heterocycles. The summed E-state index contributed by atoms with van der Waals surface area (Å²) in [5.41, 5.74) is 3.65. The van der Waals surface area contributed by atoms with Gasteiger partial charge in [0.15, 0.2) is 5.82 Å². The lowest BCUT2D eigenvalue weighted by atomic mass is 10.0. The average Bonchev–Trinajstić information content (AvgIpc) is 2.81. The first-order chi connectivity index (χ1) is 9.54. The molecule has 1 heterocycles. The number of benzene rings is 1. The highest BCUT2D eigenvalue weighted by Gasteiger charge is 2.08. The van der Waals surface area contributed by atoms with E-state index in [1.165, 1.54) is 11.1 Å². The molecule has 0 aliphatic rings. The summed E-state index contributed by atoms with van der Waals surface area (Å²) >= 11 is 0. The Balaban J connectivity index is 1.95. The molecule has 1 aromatic carbocycles. The van der Waals surface area contributed by atoms with E-state index in [9.17, 15) is 4.79 Å². The van der Waals surface area contributed by atoms with Gasteiger partial charge in [-0.2, -0.15) is 4.98 Å². The third-order valence-electron chi connectivity index (χ3n) is 3.22. The Morgan fingerprint density at radius 2 is 2.10 bits per heavy atom. The lowest BCUT2D eigenvalue weighted by Crippen LogP contribution is -1.96. The van der Waals surface area contributed by atoms with Crippen molar-refractivity contribution in [2.45, 2.75) is 39.5 Å². The van der Waals surface area contributed by atoms with Gasteiger partial charge in [-0.15, -0.1) is 0 Å². The van der Waals surface area contributed by atoms with Crippen molar-refractivity contribution in [1.29, 1.82) is 0 Å². The normalized spacial score (nSPS) is 10.7. The number of aromatic nitrogens is 2. The summed E-state index contributed by atoms with van der Waals surface area (Å²) < 4.78 is 5.12. The molecule has 20 heavy (non-hydrogen) atoms. The minimum absolute atomic E-state index is 0.120. The van der Waals surface area contributed by atoms with E-state index in [0.717, 1.165) is 5.56 Å². The third-order valence-corrected chi connectivity index (χ3v) is 3.22. The summed E-state index contributed by atoms with van der Waals surface area (Å²) in [7, 11) is 0. The molecule has 0 atom stereocenters. The number of hydrogen-bond donors (Lipinski definition) is 1. The smallest absolute Gasteiger partial charge is 0.303 e. The van der Waals surface area contributed by atoms with Crippen molar-refractivity contribution in [1.82, 2.24) is 10.1 Å². The highest BCUT2D eigenvalue weighted by atomic mass is 16.5. The van der Waals surface area contributed by atoms with Gasteiger partial charge in [0.1, 0.15) is 0 Å². The van der Waals surface area contributed by atoms with Crippen LogP contribution < -0.4 is 0 Å². The predicted octanol–water partition coefficient (Wildman–Crippen LogP) is 2.68. The van der Waals surface area contributed by atoms with Crippen LogP contribution >= 0.6 is 0 Å². The molecule has 0 saturated carbocycles. The van der Waals surface area contributed by atoms with Crippen LogP contribution in [0.15, 0.2) is 22.7 Å². The first kappa shape index (κ1) is 14.2. The molecule has 2 aromatic rings. The molecule has 0 radical (unpaired) electrons. The number of nitrogens with zero attached hydrogens (tertiary/aromatic N) is 2. The van der Waals surface area contributed by atoms with E-state index >= 15 is 0 Å². The Labute approximate surface area is 117 Å². The fourth-order valence-corrected chi connectivity index (χ4v) is 1.95. The van der Waals surface area contributed by atoms with Crippen LogP contribution in [0.5, 0.6) is 0 Å². The molecule has 5 nitrogen and oxygen atoms in total. The van der Waals surface area contributed by atoms with Gasteiger partial charge in [0.2, 0.25) is 5.89 Å². The summed E-state index contributed by atoms with van der Waals surface area (Å²) in [5.74, 6) is 0.337. The fraction of sp³-hybridized carbons (Fsp3) is 0.400. The largest absolute Gasteiger partial charge is 0.481 e. The number of hydrogen-bond acceptors (Lipinski definition) is 4.